The van der Waals surface area contributed by atoms with Crippen LogP contribution in [-0.2, 0) is 10.0 Å². The number of rotatable bonds is 5. The Labute approximate surface area is 108 Å². The molecule has 0 aliphatic heterocycles. The van der Waals surface area contributed by atoms with E-state index >= 15 is 0 Å². The third-order valence-electron chi connectivity index (χ3n) is 2.80. The Balaban J connectivity index is 3.40. The smallest absolute Gasteiger partial charge is 0.248 e. The molecule has 0 unspecified atom stereocenters. The van der Waals surface area contributed by atoms with Gasteiger partial charge in [0.25, 0.3) is 0 Å². The molecule has 2 N–H and O–H groups in total. The van der Waals surface area contributed by atoms with Crippen molar-refractivity contribution >= 4 is 15.9 Å². The highest BCUT2D eigenvalue weighted by Crippen LogP contribution is 2.21. The van der Waals surface area contributed by atoms with Gasteiger partial charge in [-0.1, -0.05) is 19.9 Å². The summed E-state index contributed by atoms with van der Waals surface area (Å²) in [4.78, 5) is 11.3. The second kappa shape index (κ2) is 5.49. The van der Waals surface area contributed by atoms with Gasteiger partial charge in [-0.25, -0.2) is 8.42 Å². The zero-order valence-corrected chi connectivity index (χ0v) is 11.6. The van der Waals surface area contributed by atoms with Gasteiger partial charge in [0.2, 0.25) is 15.9 Å². The minimum Gasteiger partial charge on any atom is -0.366 e. The fraction of sp³-hybridized carbons (Fsp3) is 0.417. The van der Waals surface area contributed by atoms with Gasteiger partial charge < -0.3 is 5.73 Å². The van der Waals surface area contributed by atoms with Crippen LogP contribution in [0.3, 0.4) is 0 Å². The molecule has 0 aromatic heterocycles. The number of hydrogen-bond donors (Lipinski definition) is 1. The summed E-state index contributed by atoms with van der Waals surface area (Å²) in [5.74, 6) is -0.633. The topological polar surface area (TPSA) is 80.5 Å². The standard InChI is InChI=1S/C12H18N2O3S/c1-4-14(5-2)18(16,17)11-8-10(12(13)15)7-6-9(11)3/h6-8H,4-5H2,1-3H3,(H2,13,15). The molecule has 0 spiro atoms. The predicted molar refractivity (Wildman–Crippen MR) is 69.8 cm³/mol. The van der Waals surface area contributed by atoms with Crippen molar-refractivity contribution < 1.29 is 13.2 Å². The maximum absolute atomic E-state index is 12.4. The molecule has 0 radical (unpaired) electrons. The molecular formula is C12H18N2O3S. The molecule has 6 heteroatoms. The number of nitrogens with zero attached hydrogens (tertiary/aromatic N) is 1. The largest absolute Gasteiger partial charge is 0.366 e. The van der Waals surface area contributed by atoms with Crippen LogP contribution in [0, 0.1) is 6.92 Å². The lowest BCUT2D eigenvalue weighted by Gasteiger charge is -2.20. The maximum Gasteiger partial charge on any atom is 0.248 e. The van der Waals surface area contributed by atoms with Crippen LogP contribution in [0.4, 0.5) is 0 Å². The van der Waals surface area contributed by atoms with Gasteiger partial charge in [0.15, 0.2) is 0 Å². The van der Waals surface area contributed by atoms with Crippen molar-refractivity contribution in [2.24, 2.45) is 5.73 Å². The molecule has 0 aliphatic carbocycles. The third-order valence-corrected chi connectivity index (χ3v) is 4.99. The summed E-state index contributed by atoms with van der Waals surface area (Å²) in [5.41, 5.74) is 5.97. The normalized spacial score (nSPS) is 11.8. The minimum absolute atomic E-state index is 0.141. The molecule has 0 fully saturated rings. The zero-order valence-electron chi connectivity index (χ0n) is 10.8. The van der Waals surface area contributed by atoms with Crippen molar-refractivity contribution in [3.05, 3.63) is 29.3 Å². The number of benzene rings is 1. The molecule has 1 rings (SSSR count). The van der Waals surface area contributed by atoms with E-state index in [-0.39, 0.29) is 10.5 Å². The van der Waals surface area contributed by atoms with Gasteiger partial charge in [0, 0.05) is 18.7 Å². The highest BCUT2D eigenvalue weighted by Gasteiger charge is 2.24. The molecule has 0 aliphatic rings. The molecule has 1 aromatic carbocycles. The Morgan fingerprint density at radius 3 is 2.28 bits per heavy atom. The number of carbonyl (C=O) groups excluding carboxylic acids is 1. The first kappa shape index (κ1) is 14.7. The van der Waals surface area contributed by atoms with E-state index in [9.17, 15) is 13.2 Å². The molecule has 0 bridgehead atoms. The van der Waals surface area contributed by atoms with E-state index in [4.69, 9.17) is 5.73 Å². The van der Waals surface area contributed by atoms with E-state index < -0.39 is 15.9 Å². The summed E-state index contributed by atoms with van der Waals surface area (Å²) in [6, 6.07) is 4.46. The first-order valence-corrected chi connectivity index (χ1v) is 7.19. The van der Waals surface area contributed by atoms with Crippen LogP contribution in [0.1, 0.15) is 29.8 Å². The van der Waals surface area contributed by atoms with E-state index in [2.05, 4.69) is 0 Å². The van der Waals surface area contributed by atoms with Gasteiger partial charge in [-0.2, -0.15) is 4.31 Å². The summed E-state index contributed by atoms with van der Waals surface area (Å²) in [5, 5.41) is 0. The summed E-state index contributed by atoms with van der Waals surface area (Å²) in [7, 11) is -3.56. The highest BCUT2D eigenvalue weighted by molar-refractivity contribution is 7.89. The first-order chi connectivity index (χ1) is 8.34. The summed E-state index contributed by atoms with van der Waals surface area (Å²) >= 11 is 0. The van der Waals surface area contributed by atoms with E-state index in [0.717, 1.165) is 0 Å². The number of nitrogens with two attached hydrogens (primary N) is 1. The van der Waals surface area contributed by atoms with Crippen LogP contribution >= 0.6 is 0 Å². The monoisotopic (exact) mass is 270 g/mol. The molecule has 18 heavy (non-hydrogen) atoms. The van der Waals surface area contributed by atoms with Crippen molar-refractivity contribution in [2.45, 2.75) is 25.7 Å². The fourth-order valence-corrected chi connectivity index (χ4v) is 3.44. The summed E-state index contributed by atoms with van der Waals surface area (Å²) in [6.45, 7) is 6.02. The molecular weight excluding hydrogens is 252 g/mol. The molecule has 100 valence electrons. The van der Waals surface area contributed by atoms with E-state index in [1.54, 1.807) is 26.8 Å². The average Bonchev–Trinajstić information content (AvgIpc) is 2.30. The van der Waals surface area contributed by atoms with Crippen LogP contribution in [-0.4, -0.2) is 31.7 Å². The Kier molecular flexibility index (Phi) is 4.48. The van der Waals surface area contributed by atoms with Crippen molar-refractivity contribution in [2.75, 3.05) is 13.1 Å². The van der Waals surface area contributed by atoms with Gasteiger partial charge >= 0.3 is 0 Å². The number of amides is 1. The van der Waals surface area contributed by atoms with Crippen LogP contribution in [0.2, 0.25) is 0 Å². The Bertz CT molecular complexity index is 548. The lowest BCUT2D eigenvalue weighted by atomic mass is 10.1. The molecule has 0 atom stereocenters. The van der Waals surface area contributed by atoms with Crippen molar-refractivity contribution in [1.82, 2.24) is 4.31 Å². The van der Waals surface area contributed by atoms with E-state index in [0.29, 0.717) is 18.7 Å². The molecule has 0 saturated carbocycles. The molecule has 1 aromatic rings. The van der Waals surface area contributed by atoms with Gasteiger partial charge in [-0.3, -0.25) is 4.79 Å². The van der Waals surface area contributed by atoms with Crippen LogP contribution in [0.5, 0.6) is 0 Å². The van der Waals surface area contributed by atoms with E-state index in [1.807, 2.05) is 0 Å². The highest BCUT2D eigenvalue weighted by atomic mass is 32.2. The lowest BCUT2D eigenvalue weighted by Crippen LogP contribution is -2.31. The number of carbonyl (C=O) groups is 1. The zero-order chi connectivity index (χ0) is 13.9. The molecule has 5 nitrogen and oxygen atoms in total. The summed E-state index contributed by atoms with van der Waals surface area (Å²) in [6.07, 6.45) is 0. The minimum atomic E-state index is -3.56. The molecule has 0 heterocycles. The van der Waals surface area contributed by atoms with Crippen LogP contribution in [0.15, 0.2) is 23.1 Å². The van der Waals surface area contributed by atoms with Crippen LogP contribution < -0.4 is 5.73 Å². The number of aryl methyl sites for hydroxylation is 1. The predicted octanol–water partition coefficient (Wildman–Crippen LogP) is 1.12. The summed E-state index contributed by atoms with van der Waals surface area (Å²) < 4.78 is 26.1. The average molecular weight is 270 g/mol. The number of sulfonamides is 1. The van der Waals surface area contributed by atoms with Gasteiger partial charge in [-0.05, 0) is 24.6 Å². The van der Waals surface area contributed by atoms with Gasteiger partial charge in [0.05, 0.1) is 4.90 Å². The van der Waals surface area contributed by atoms with Crippen LogP contribution in [0.25, 0.3) is 0 Å². The molecule has 0 saturated heterocycles. The quantitative estimate of drug-likeness (QED) is 0.870. The van der Waals surface area contributed by atoms with Crippen molar-refractivity contribution in [3.63, 3.8) is 0 Å². The van der Waals surface area contributed by atoms with Crippen molar-refractivity contribution in [3.8, 4) is 0 Å². The number of primary amides is 1. The Morgan fingerprint density at radius 2 is 1.83 bits per heavy atom. The Hall–Kier alpha value is -1.40. The second-order valence-electron chi connectivity index (χ2n) is 3.93. The van der Waals surface area contributed by atoms with Gasteiger partial charge in [0.1, 0.15) is 0 Å². The fourth-order valence-electron chi connectivity index (χ4n) is 1.73. The Morgan fingerprint density at radius 1 is 1.28 bits per heavy atom. The van der Waals surface area contributed by atoms with Crippen molar-refractivity contribution in [1.29, 1.82) is 0 Å². The lowest BCUT2D eigenvalue weighted by molar-refractivity contribution is 0.1000. The maximum atomic E-state index is 12.4. The SMILES string of the molecule is CCN(CC)S(=O)(=O)c1cc(C(N)=O)ccc1C. The van der Waals surface area contributed by atoms with E-state index in [1.165, 1.54) is 16.4 Å². The number of hydrogen-bond acceptors (Lipinski definition) is 3. The van der Waals surface area contributed by atoms with Gasteiger partial charge in [-0.15, -0.1) is 0 Å². The third kappa shape index (κ3) is 2.70. The first-order valence-electron chi connectivity index (χ1n) is 5.75. The molecule has 1 amide bonds. The second-order valence-corrected chi connectivity index (χ2v) is 5.84.